The summed E-state index contributed by atoms with van der Waals surface area (Å²) in [7, 11) is 0. The smallest absolute Gasteiger partial charge is 0.408 e. The second-order valence-corrected chi connectivity index (χ2v) is 7.77. The Bertz CT molecular complexity index is 733. The third-order valence-electron chi connectivity index (χ3n) is 3.89. The van der Waals surface area contributed by atoms with Gasteiger partial charge in [0.2, 0.25) is 5.91 Å². The molecule has 1 rings (SSSR count). The number of nitrogens with one attached hydrogen (secondary N) is 4. The molecule has 166 valence electrons. The first-order chi connectivity index (χ1) is 14.0. The van der Waals surface area contributed by atoms with E-state index in [4.69, 9.17) is 15.9 Å². The number of amides is 2. The molecule has 7 N–H and O–H groups in total. The molecule has 0 bridgehead atoms. The van der Waals surface area contributed by atoms with Crippen LogP contribution in [0, 0.1) is 5.41 Å². The van der Waals surface area contributed by atoms with Crippen LogP contribution in [-0.2, 0) is 20.7 Å². The maximum Gasteiger partial charge on any atom is 0.408 e. The van der Waals surface area contributed by atoms with E-state index in [-0.39, 0.29) is 18.8 Å². The zero-order valence-electron chi connectivity index (χ0n) is 17.5. The van der Waals surface area contributed by atoms with E-state index in [9.17, 15) is 19.5 Å². The van der Waals surface area contributed by atoms with Crippen molar-refractivity contribution in [2.45, 2.75) is 57.7 Å². The van der Waals surface area contributed by atoms with Crippen LogP contribution in [0.1, 0.15) is 39.2 Å². The molecular weight excluding hydrogens is 390 g/mol. The van der Waals surface area contributed by atoms with E-state index in [0.717, 1.165) is 5.56 Å². The van der Waals surface area contributed by atoms with Gasteiger partial charge in [-0.3, -0.25) is 10.2 Å². The molecule has 0 unspecified atom stereocenters. The molecule has 0 radical (unpaired) electrons. The van der Waals surface area contributed by atoms with Crippen molar-refractivity contribution in [3.05, 3.63) is 35.9 Å². The van der Waals surface area contributed by atoms with E-state index in [1.54, 1.807) is 45.0 Å². The SMILES string of the molecule is CC(C)(C)OC(=O)N[C@H](Cc1ccccc1)C(=O)N[C@H](CCCNC(=N)N)C(=O)O. The Morgan fingerprint density at radius 3 is 2.30 bits per heavy atom. The van der Waals surface area contributed by atoms with Crippen molar-refractivity contribution in [3.8, 4) is 0 Å². The average Bonchev–Trinajstić information content (AvgIpc) is 2.62. The van der Waals surface area contributed by atoms with E-state index in [1.807, 2.05) is 6.07 Å². The molecule has 0 aliphatic carbocycles. The number of nitrogens with two attached hydrogens (primary N) is 1. The molecule has 0 spiro atoms. The number of ether oxygens (including phenoxy) is 1. The fourth-order valence-corrected chi connectivity index (χ4v) is 2.57. The van der Waals surface area contributed by atoms with Gasteiger partial charge in [0, 0.05) is 13.0 Å². The number of rotatable bonds is 10. The minimum atomic E-state index is -1.19. The maximum atomic E-state index is 12.8. The van der Waals surface area contributed by atoms with E-state index in [1.165, 1.54) is 0 Å². The highest BCUT2D eigenvalue weighted by molar-refractivity contribution is 5.89. The van der Waals surface area contributed by atoms with Crippen molar-refractivity contribution in [1.29, 1.82) is 5.41 Å². The second kappa shape index (κ2) is 11.6. The fraction of sp³-hybridized carbons (Fsp3) is 0.500. The van der Waals surface area contributed by atoms with Gasteiger partial charge in [-0.1, -0.05) is 30.3 Å². The number of hydrogen-bond donors (Lipinski definition) is 6. The summed E-state index contributed by atoms with van der Waals surface area (Å²) in [5, 5.41) is 24.1. The topological polar surface area (TPSA) is 167 Å². The summed E-state index contributed by atoms with van der Waals surface area (Å²) in [6, 6.07) is 6.89. The molecule has 1 aromatic carbocycles. The molecule has 1 aromatic rings. The Hall–Kier alpha value is -3.30. The van der Waals surface area contributed by atoms with Crippen LogP contribution in [0.15, 0.2) is 30.3 Å². The molecule has 0 aliphatic heterocycles. The number of alkyl carbamates (subject to hydrolysis) is 1. The van der Waals surface area contributed by atoms with E-state index in [0.29, 0.717) is 13.0 Å². The van der Waals surface area contributed by atoms with Crippen LogP contribution in [0.4, 0.5) is 4.79 Å². The van der Waals surface area contributed by atoms with Gasteiger partial charge in [-0.2, -0.15) is 0 Å². The summed E-state index contributed by atoms with van der Waals surface area (Å²) in [4.78, 5) is 36.5. The van der Waals surface area contributed by atoms with Crippen LogP contribution in [0.3, 0.4) is 0 Å². The van der Waals surface area contributed by atoms with Gasteiger partial charge in [-0.25, -0.2) is 9.59 Å². The zero-order chi connectivity index (χ0) is 22.7. The molecule has 30 heavy (non-hydrogen) atoms. The fourth-order valence-electron chi connectivity index (χ4n) is 2.57. The minimum absolute atomic E-state index is 0.131. The Labute approximate surface area is 176 Å². The molecular formula is C20H31N5O5. The van der Waals surface area contributed by atoms with Crippen molar-refractivity contribution < 1.29 is 24.2 Å². The highest BCUT2D eigenvalue weighted by atomic mass is 16.6. The lowest BCUT2D eigenvalue weighted by molar-refractivity contribution is -0.142. The monoisotopic (exact) mass is 421 g/mol. The number of benzene rings is 1. The van der Waals surface area contributed by atoms with Crippen LogP contribution in [0.5, 0.6) is 0 Å². The van der Waals surface area contributed by atoms with Gasteiger partial charge in [-0.15, -0.1) is 0 Å². The molecule has 2 atom stereocenters. The van der Waals surface area contributed by atoms with E-state index >= 15 is 0 Å². The summed E-state index contributed by atoms with van der Waals surface area (Å²) in [5.41, 5.74) is 5.24. The number of carbonyl (C=O) groups is 3. The van der Waals surface area contributed by atoms with Crippen LogP contribution in [0.2, 0.25) is 0 Å². The lowest BCUT2D eigenvalue weighted by Crippen LogP contribution is -2.53. The summed E-state index contributed by atoms with van der Waals surface area (Å²) in [6.45, 7) is 5.41. The number of aliphatic carboxylic acids is 1. The van der Waals surface area contributed by atoms with Gasteiger partial charge in [0.25, 0.3) is 0 Å². The molecule has 0 heterocycles. The van der Waals surface area contributed by atoms with Gasteiger partial charge in [0.1, 0.15) is 17.7 Å². The summed E-state index contributed by atoms with van der Waals surface area (Å²) in [6.07, 6.45) is -0.0912. The minimum Gasteiger partial charge on any atom is -0.480 e. The molecule has 0 aliphatic rings. The highest BCUT2D eigenvalue weighted by Crippen LogP contribution is 2.09. The molecule has 10 heteroatoms. The summed E-state index contributed by atoms with van der Waals surface area (Å²) >= 11 is 0. The molecule has 0 aromatic heterocycles. The predicted octanol–water partition coefficient (Wildman–Crippen LogP) is 0.955. The van der Waals surface area contributed by atoms with E-state index in [2.05, 4.69) is 16.0 Å². The van der Waals surface area contributed by atoms with Gasteiger partial charge in [0.05, 0.1) is 0 Å². The average molecular weight is 421 g/mol. The van der Waals surface area contributed by atoms with Gasteiger partial charge in [-0.05, 0) is 39.2 Å². The van der Waals surface area contributed by atoms with Crippen LogP contribution in [0.25, 0.3) is 0 Å². The number of hydrogen-bond acceptors (Lipinski definition) is 5. The summed E-state index contributed by atoms with van der Waals surface area (Å²) < 4.78 is 5.22. The third kappa shape index (κ3) is 10.3. The lowest BCUT2D eigenvalue weighted by Gasteiger charge is -2.24. The molecule has 10 nitrogen and oxygen atoms in total. The molecule has 0 fully saturated rings. The lowest BCUT2D eigenvalue weighted by atomic mass is 10.0. The number of guanidine groups is 1. The van der Waals surface area contributed by atoms with Gasteiger partial charge >= 0.3 is 12.1 Å². The number of carbonyl (C=O) groups excluding carboxylic acids is 2. The first-order valence-corrected chi connectivity index (χ1v) is 9.62. The van der Waals surface area contributed by atoms with Crippen molar-refractivity contribution in [1.82, 2.24) is 16.0 Å². The largest absolute Gasteiger partial charge is 0.480 e. The van der Waals surface area contributed by atoms with Crippen LogP contribution >= 0.6 is 0 Å². The second-order valence-electron chi connectivity index (χ2n) is 7.77. The first kappa shape index (κ1) is 24.7. The van der Waals surface area contributed by atoms with Gasteiger partial charge in [0.15, 0.2) is 5.96 Å². The zero-order valence-corrected chi connectivity index (χ0v) is 17.5. The normalized spacial score (nSPS) is 12.9. The molecule has 2 amide bonds. The van der Waals surface area contributed by atoms with E-state index < -0.39 is 35.7 Å². The molecule has 0 saturated heterocycles. The van der Waals surface area contributed by atoms with Crippen molar-refractivity contribution in [2.75, 3.05) is 6.54 Å². The number of carboxylic acid groups (broad SMARTS) is 1. The Kier molecular flexibility index (Phi) is 9.60. The van der Waals surface area contributed by atoms with Crippen molar-refractivity contribution in [3.63, 3.8) is 0 Å². The number of carboxylic acids is 1. The highest BCUT2D eigenvalue weighted by Gasteiger charge is 2.28. The molecule has 0 saturated carbocycles. The van der Waals surface area contributed by atoms with Crippen molar-refractivity contribution in [2.24, 2.45) is 5.73 Å². The predicted molar refractivity (Wildman–Crippen MR) is 112 cm³/mol. The standard InChI is InChI=1S/C20H31N5O5/c1-20(2,3)30-19(29)25-15(12-13-8-5-4-6-9-13)16(26)24-14(17(27)28)10-7-11-23-18(21)22/h4-6,8-9,14-15H,7,10-12H2,1-3H3,(H,24,26)(H,25,29)(H,27,28)(H4,21,22,23)/t14-,15-/m1/s1. The first-order valence-electron chi connectivity index (χ1n) is 9.62. The van der Waals surface area contributed by atoms with Crippen LogP contribution in [-0.4, -0.2) is 53.3 Å². The van der Waals surface area contributed by atoms with Crippen LogP contribution < -0.4 is 21.7 Å². The van der Waals surface area contributed by atoms with Gasteiger partial charge < -0.3 is 31.5 Å². The quantitative estimate of drug-likeness (QED) is 0.186. The third-order valence-corrected chi connectivity index (χ3v) is 3.89. The van der Waals surface area contributed by atoms with Crippen molar-refractivity contribution >= 4 is 23.9 Å². The Balaban J connectivity index is 2.83. The Morgan fingerprint density at radius 2 is 1.77 bits per heavy atom. The summed E-state index contributed by atoms with van der Waals surface area (Å²) in [5.74, 6) is -2.03. The Morgan fingerprint density at radius 1 is 1.13 bits per heavy atom. The maximum absolute atomic E-state index is 12.8.